The Morgan fingerprint density at radius 1 is 1.13 bits per heavy atom. The van der Waals surface area contributed by atoms with Crippen LogP contribution in [0.4, 0.5) is 30.7 Å². The number of thioether (sulfide) groups is 1. The smallest absolute Gasteiger partial charge is 0.467 e. The number of halogens is 8. The molecule has 2 aromatic carbocycles. The summed E-state index contributed by atoms with van der Waals surface area (Å²) in [5.41, 5.74) is -3.18. The number of aromatic nitrogens is 1. The summed E-state index contributed by atoms with van der Waals surface area (Å²) in [5, 5.41) is -0.0646. The highest BCUT2D eigenvalue weighted by molar-refractivity contribution is 7.99. The Balaban J connectivity index is 2.03. The van der Waals surface area contributed by atoms with Crippen LogP contribution in [0.5, 0.6) is 5.75 Å². The molecule has 0 saturated carbocycles. The van der Waals surface area contributed by atoms with Gasteiger partial charge in [-0.1, -0.05) is 17.7 Å². The zero-order valence-corrected chi connectivity index (χ0v) is 21.5. The second-order valence-electron chi connectivity index (χ2n) is 8.44. The highest BCUT2D eigenvalue weighted by Crippen LogP contribution is 2.43. The second-order valence-corrected chi connectivity index (χ2v) is 9.85. The molecule has 1 aliphatic heterocycles. The summed E-state index contributed by atoms with van der Waals surface area (Å²) in [4.78, 5) is 26.2. The van der Waals surface area contributed by atoms with Crippen molar-refractivity contribution in [1.82, 2.24) is 4.57 Å². The minimum atomic E-state index is -5.07. The molecular weight excluding hydrogens is 579 g/mol. The first-order chi connectivity index (χ1) is 18.1. The van der Waals surface area contributed by atoms with Crippen LogP contribution >= 0.6 is 23.4 Å². The molecule has 1 aliphatic rings. The molecule has 2 heterocycles. The minimum Gasteiger partial charge on any atom is -0.467 e. The van der Waals surface area contributed by atoms with Crippen LogP contribution in [-0.2, 0) is 22.1 Å². The van der Waals surface area contributed by atoms with Crippen LogP contribution in [0, 0.1) is 12.7 Å². The van der Waals surface area contributed by atoms with E-state index >= 15 is 0 Å². The SMILES string of the molecule is COC(=O)C1CSc2c(Cc3c(F)cccc3C(F)(F)F)c(C)c(-c3cc(OC(F)(F)F)ccc3Cl)c(=O)n21. The molecule has 0 fully saturated rings. The lowest BCUT2D eigenvalue weighted by molar-refractivity contribution is -0.274. The van der Waals surface area contributed by atoms with Crippen LogP contribution in [0.1, 0.15) is 28.3 Å². The van der Waals surface area contributed by atoms with Crippen molar-refractivity contribution in [2.24, 2.45) is 0 Å². The third-order valence-corrected chi connectivity index (χ3v) is 7.65. The van der Waals surface area contributed by atoms with Gasteiger partial charge in [0, 0.05) is 28.3 Å². The quantitative estimate of drug-likeness (QED) is 0.236. The average molecular weight is 596 g/mol. The number of fused-ring (bicyclic) bond motifs is 1. The van der Waals surface area contributed by atoms with Crippen LogP contribution in [-0.4, -0.2) is 29.8 Å². The Hall–Kier alpha value is -3.19. The van der Waals surface area contributed by atoms with Crippen LogP contribution < -0.4 is 10.3 Å². The van der Waals surface area contributed by atoms with E-state index in [1.807, 2.05) is 0 Å². The van der Waals surface area contributed by atoms with Crippen LogP contribution in [0.25, 0.3) is 11.1 Å². The van der Waals surface area contributed by atoms with Crippen molar-refractivity contribution in [3.63, 3.8) is 0 Å². The maximum absolute atomic E-state index is 14.8. The first-order valence-corrected chi connectivity index (χ1v) is 12.4. The largest absolute Gasteiger partial charge is 0.573 e. The number of esters is 1. The molecule has 0 spiro atoms. The monoisotopic (exact) mass is 595 g/mol. The molecule has 1 atom stereocenters. The van der Waals surface area contributed by atoms with Gasteiger partial charge in [0.1, 0.15) is 17.6 Å². The number of alkyl halides is 6. The number of hydrogen-bond donors (Lipinski definition) is 0. The number of ether oxygens (including phenoxy) is 2. The van der Waals surface area contributed by atoms with Gasteiger partial charge in [0.15, 0.2) is 0 Å². The van der Waals surface area contributed by atoms with E-state index in [9.17, 15) is 40.3 Å². The van der Waals surface area contributed by atoms with Crippen molar-refractivity contribution in [3.8, 4) is 16.9 Å². The minimum absolute atomic E-state index is 0.0217. The maximum Gasteiger partial charge on any atom is 0.573 e. The fourth-order valence-corrected chi connectivity index (χ4v) is 5.97. The predicted octanol–water partition coefficient (Wildman–Crippen LogP) is 6.94. The molecule has 1 aromatic heterocycles. The summed E-state index contributed by atoms with van der Waals surface area (Å²) in [7, 11) is 1.08. The Kier molecular flexibility index (Phi) is 7.69. The van der Waals surface area contributed by atoms with Crippen LogP contribution in [0.15, 0.2) is 46.2 Å². The van der Waals surface area contributed by atoms with Gasteiger partial charge in [0.2, 0.25) is 0 Å². The molecule has 208 valence electrons. The Morgan fingerprint density at radius 3 is 2.44 bits per heavy atom. The van der Waals surface area contributed by atoms with Crippen LogP contribution in [0.2, 0.25) is 5.02 Å². The van der Waals surface area contributed by atoms with Crippen molar-refractivity contribution in [3.05, 3.63) is 79.8 Å². The summed E-state index contributed by atoms with van der Waals surface area (Å²) < 4.78 is 104. The highest BCUT2D eigenvalue weighted by Gasteiger charge is 2.38. The van der Waals surface area contributed by atoms with Crippen molar-refractivity contribution in [1.29, 1.82) is 0 Å². The third-order valence-electron chi connectivity index (χ3n) is 6.12. The second kappa shape index (κ2) is 10.4. The number of rotatable bonds is 5. The normalized spacial score (nSPS) is 15.3. The van der Waals surface area contributed by atoms with Gasteiger partial charge in [-0.15, -0.1) is 24.9 Å². The number of hydrogen-bond acceptors (Lipinski definition) is 5. The summed E-state index contributed by atoms with van der Waals surface area (Å²) in [6, 6.07) is 4.11. The Morgan fingerprint density at radius 2 is 1.82 bits per heavy atom. The van der Waals surface area contributed by atoms with E-state index in [4.69, 9.17) is 16.3 Å². The first kappa shape index (κ1) is 28.8. The summed E-state index contributed by atoms with van der Waals surface area (Å²) >= 11 is 7.24. The molecule has 0 N–H and O–H groups in total. The van der Waals surface area contributed by atoms with Crippen molar-refractivity contribution in [2.45, 2.75) is 37.0 Å². The molecule has 1 unspecified atom stereocenters. The van der Waals surface area contributed by atoms with Gasteiger partial charge >= 0.3 is 18.5 Å². The van der Waals surface area contributed by atoms with E-state index in [0.717, 1.165) is 53.8 Å². The van der Waals surface area contributed by atoms with Crippen LogP contribution in [0.3, 0.4) is 0 Å². The van der Waals surface area contributed by atoms with Crippen molar-refractivity contribution < 1.29 is 45.0 Å². The molecule has 0 radical (unpaired) electrons. The molecule has 3 aromatic rings. The number of pyridine rings is 1. The summed E-state index contributed by atoms with van der Waals surface area (Å²) in [5.74, 6) is -2.71. The lowest BCUT2D eigenvalue weighted by atomic mass is 9.92. The van der Waals surface area contributed by atoms with E-state index in [0.29, 0.717) is 6.07 Å². The van der Waals surface area contributed by atoms with Crippen molar-refractivity contribution in [2.75, 3.05) is 12.9 Å². The standard InChI is InChI=1S/C25H17ClF7NO4S/c1-11-13(9-14-16(24(28,29)30)4-3-5-18(14)27)22-34(19(10-39-22)23(36)37-2)21(35)20(11)15-8-12(6-7-17(15)26)38-25(31,32)33/h3-8,19H,9-10H2,1-2H3. The first-order valence-electron chi connectivity index (χ1n) is 11.0. The molecule has 0 amide bonds. The zero-order chi connectivity index (χ0) is 28.9. The zero-order valence-electron chi connectivity index (χ0n) is 20.0. The van der Waals surface area contributed by atoms with Gasteiger partial charge in [0.05, 0.1) is 23.3 Å². The molecule has 0 bridgehead atoms. The number of carbonyl (C=O) groups is 1. The molecule has 14 heteroatoms. The number of methoxy groups -OCH3 is 1. The topological polar surface area (TPSA) is 57.5 Å². The molecule has 0 saturated heterocycles. The average Bonchev–Trinajstić information content (AvgIpc) is 3.28. The maximum atomic E-state index is 14.8. The molecule has 0 aliphatic carbocycles. The molecule has 4 rings (SSSR count). The van der Waals surface area contributed by atoms with E-state index in [-0.39, 0.29) is 38.1 Å². The van der Waals surface area contributed by atoms with E-state index in [1.54, 1.807) is 0 Å². The number of benzene rings is 2. The van der Waals surface area contributed by atoms with E-state index in [1.165, 1.54) is 6.92 Å². The van der Waals surface area contributed by atoms with E-state index in [2.05, 4.69) is 4.74 Å². The fourth-order valence-electron chi connectivity index (χ4n) is 4.41. The van der Waals surface area contributed by atoms with Gasteiger partial charge in [-0.2, -0.15) is 13.2 Å². The van der Waals surface area contributed by atoms with Gasteiger partial charge in [-0.3, -0.25) is 9.36 Å². The Labute approximate surface area is 225 Å². The predicted molar refractivity (Wildman–Crippen MR) is 129 cm³/mol. The molecule has 5 nitrogen and oxygen atoms in total. The van der Waals surface area contributed by atoms with Gasteiger partial charge in [-0.05, 0) is 48.4 Å². The summed E-state index contributed by atoms with van der Waals surface area (Å²) in [6.07, 6.45) is -10.6. The number of carbonyl (C=O) groups excluding carboxylic acids is 1. The van der Waals surface area contributed by atoms with E-state index < -0.39 is 59.2 Å². The number of nitrogens with zero attached hydrogens (tertiary/aromatic N) is 1. The van der Waals surface area contributed by atoms with Gasteiger partial charge in [0.25, 0.3) is 5.56 Å². The lowest BCUT2D eigenvalue weighted by Crippen LogP contribution is -2.32. The Bertz CT molecular complexity index is 1520. The summed E-state index contributed by atoms with van der Waals surface area (Å²) in [6.45, 7) is 1.36. The highest BCUT2D eigenvalue weighted by atomic mass is 35.5. The van der Waals surface area contributed by atoms with Gasteiger partial charge < -0.3 is 9.47 Å². The lowest BCUT2D eigenvalue weighted by Gasteiger charge is -2.21. The third kappa shape index (κ3) is 5.60. The van der Waals surface area contributed by atoms with Gasteiger partial charge in [-0.25, -0.2) is 9.18 Å². The molecule has 39 heavy (non-hydrogen) atoms. The van der Waals surface area contributed by atoms with Crippen molar-refractivity contribution >= 4 is 29.3 Å². The fraction of sp³-hybridized carbons (Fsp3) is 0.280. The molecular formula is C25H17ClF7NO4S.